The molecular formula is C22H30N2O2. The van der Waals surface area contributed by atoms with Gasteiger partial charge in [-0.3, -0.25) is 9.59 Å². The number of ketones is 1. The van der Waals surface area contributed by atoms with Gasteiger partial charge in [-0.25, -0.2) is 0 Å². The van der Waals surface area contributed by atoms with Crippen molar-refractivity contribution in [2.45, 2.75) is 65.3 Å². The number of carbonyl (C=O) groups excluding carboxylic acids is 2. The molecule has 1 saturated carbocycles. The largest absolute Gasteiger partial charge is 0.355 e. The van der Waals surface area contributed by atoms with Gasteiger partial charge in [0, 0.05) is 23.5 Å². The van der Waals surface area contributed by atoms with Crippen LogP contribution >= 0.6 is 0 Å². The highest BCUT2D eigenvalue weighted by Gasteiger charge is 2.56. The second kappa shape index (κ2) is 6.49. The van der Waals surface area contributed by atoms with E-state index < -0.39 is 0 Å². The molecule has 26 heavy (non-hydrogen) atoms. The van der Waals surface area contributed by atoms with Crippen LogP contribution in [0, 0.1) is 11.3 Å². The number of allylic oxidation sites excluding steroid dienone is 6. The van der Waals surface area contributed by atoms with Crippen LogP contribution < -0.4 is 10.6 Å². The van der Waals surface area contributed by atoms with Crippen LogP contribution in [0.5, 0.6) is 0 Å². The molecule has 1 amide bonds. The first-order chi connectivity index (χ1) is 12.5. The van der Waals surface area contributed by atoms with Gasteiger partial charge < -0.3 is 10.6 Å². The van der Waals surface area contributed by atoms with Crippen molar-refractivity contribution in [2.24, 2.45) is 11.3 Å². The van der Waals surface area contributed by atoms with E-state index in [9.17, 15) is 9.59 Å². The van der Waals surface area contributed by atoms with Gasteiger partial charge in [0.2, 0.25) is 5.91 Å². The Labute approximate surface area is 156 Å². The van der Waals surface area contributed by atoms with E-state index in [4.69, 9.17) is 0 Å². The van der Waals surface area contributed by atoms with Crippen LogP contribution in [0.15, 0.2) is 33.9 Å². The van der Waals surface area contributed by atoms with E-state index in [-0.39, 0.29) is 23.3 Å². The van der Waals surface area contributed by atoms with Crippen LogP contribution in [0.3, 0.4) is 0 Å². The van der Waals surface area contributed by atoms with E-state index >= 15 is 0 Å². The van der Waals surface area contributed by atoms with Crippen molar-refractivity contribution in [3.63, 3.8) is 0 Å². The predicted molar refractivity (Wildman–Crippen MR) is 103 cm³/mol. The number of hydrogen-bond acceptors (Lipinski definition) is 3. The molecule has 1 heterocycles. The normalized spacial score (nSPS) is 29.3. The van der Waals surface area contributed by atoms with Gasteiger partial charge in [0.25, 0.3) is 0 Å². The topological polar surface area (TPSA) is 58.2 Å². The minimum absolute atomic E-state index is 0.00664. The summed E-state index contributed by atoms with van der Waals surface area (Å²) in [5.74, 6) is 0.591. The van der Waals surface area contributed by atoms with Gasteiger partial charge in [-0.2, -0.15) is 0 Å². The lowest BCUT2D eigenvalue weighted by Crippen LogP contribution is -2.40. The van der Waals surface area contributed by atoms with E-state index in [1.807, 2.05) is 0 Å². The van der Waals surface area contributed by atoms with Crippen LogP contribution in [0.4, 0.5) is 0 Å². The van der Waals surface area contributed by atoms with Crippen molar-refractivity contribution in [3.8, 4) is 0 Å². The number of rotatable bonds is 5. The molecule has 2 atom stereocenters. The Morgan fingerprint density at radius 3 is 2.77 bits per heavy atom. The predicted octanol–water partition coefficient (Wildman–Crippen LogP) is 3.21. The lowest BCUT2D eigenvalue weighted by molar-refractivity contribution is -0.123. The van der Waals surface area contributed by atoms with Crippen molar-refractivity contribution in [2.75, 3.05) is 13.1 Å². The molecule has 0 aromatic carbocycles. The fraction of sp³-hybridized carbons (Fsp3) is 0.636. The number of hydrogen-bond donors (Lipinski definition) is 2. The molecule has 2 fully saturated rings. The molecule has 4 heteroatoms. The second-order valence-corrected chi connectivity index (χ2v) is 8.51. The molecule has 0 unspecified atom stereocenters. The molecule has 140 valence electrons. The molecular weight excluding hydrogens is 324 g/mol. The summed E-state index contributed by atoms with van der Waals surface area (Å²) >= 11 is 0. The molecule has 1 aliphatic heterocycles. The molecule has 4 aliphatic rings. The Balaban J connectivity index is 1.41. The molecule has 0 aromatic heterocycles. The second-order valence-electron chi connectivity index (χ2n) is 8.51. The highest BCUT2D eigenvalue weighted by atomic mass is 16.2. The molecule has 4 nitrogen and oxygen atoms in total. The van der Waals surface area contributed by atoms with Gasteiger partial charge in [0.15, 0.2) is 5.78 Å². The number of Topliss-reactive ketones (excluding diaryl/α,β-unsaturated/α-hetero) is 1. The van der Waals surface area contributed by atoms with E-state index in [1.54, 1.807) is 0 Å². The summed E-state index contributed by atoms with van der Waals surface area (Å²) < 4.78 is 0. The molecule has 4 rings (SSSR count). The summed E-state index contributed by atoms with van der Waals surface area (Å²) in [6, 6.07) is -0.00664. The van der Waals surface area contributed by atoms with E-state index in [0.717, 1.165) is 50.6 Å². The maximum absolute atomic E-state index is 12.9. The van der Waals surface area contributed by atoms with Crippen LogP contribution in [-0.4, -0.2) is 30.8 Å². The van der Waals surface area contributed by atoms with Crippen LogP contribution in [0.2, 0.25) is 0 Å². The fourth-order valence-electron chi connectivity index (χ4n) is 5.19. The fourth-order valence-corrected chi connectivity index (χ4v) is 5.19. The first-order valence-corrected chi connectivity index (χ1v) is 10.1. The molecule has 3 aliphatic carbocycles. The number of carbonyl (C=O) groups is 2. The van der Waals surface area contributed by atoms with Crippen LogP contribution in [-0.2, 0) is 9.59 Å². The number of fused-ring (bicyclic) bond motifs is 1. The molecule has 0 aromatic rings. The van der Waals surface area contributed by atoms with Crippen molar-refractivity contribution in [1.29, 1.82) is 0 Å². The summed E-state index contributed by atoms with van der Waals surface area (Å²) in [6.07, 6.45) is 8.27. The highest BCUT2D eigenvalue weighted by Crippen LogP contribution is 2.63. The average Bonchev–Trinajstić information content (AvgIpc) is 3.09. The number of amides is 1. The van der Waals surface area contributed by atoms with Gasteiger partial charge >= 0.3 is 0 Å². The Morgan fingerprint density at radius 1 is 1.35 bits per heavy atom. The Bertz CT molecular complexity index is 746. The zero-order chi connectivity index (χ0) is 18.5. The van der Waals surface area contributed by atoms with Crippen LogP contribution in [0.25, 0.3) is 0 Å². The smallest absolute Gasteiger partial charge is 0.237 e. The van der Waals surface area contributed by atoms with Gasteiger partial charge in [-0.05, 0) is 81.7 Å². The first-order valence-electron chi connectivity index (χ1n) is 10.1. The van der Waals surface area contributed by atoms with E-state index in [1.165, 1.54) is 22.3 Å². The van der Waals surface area contributed by atoms with Crippen LogP contribution in [0.1, 0.15) is 59.3 Å². The lowest BCUT2D eigenvalue weighted by atomic mass is 9.70. The highest BCUT2D eigenvalue weighted by molar-refractivity contribution is 6.07. The molecule has 1 spiro atoms. The Morgan fingerprint density at radius 2 is 2.12 bits per heavy atom. The molecule has 2 N–H and O–H groups in total. The average molecular weight is 354 g/mol. The Kier molecular flexibility index (Phi) is 4.42. The zero-order valence-electron chi connectivity index (χ0n) is 16.2. The first kappa shape index (κ1) is 17.7. The molecule has 1 saturated heterocycles. The van der Waals surface area contributed by atoms with Crippen molar-refractivity contribution < 1.29 is 9.59 Å². The van der Waals surface area contributed by atoms with Gasteiger partial charge in [0.05, 0.1) is 6.04 Å². The van der Waals surface area contributed by atoms with E-state index in [0.29, 0.717) is 12.3 Å². The minimum Gasteiger partial charge on any atom is -0.355 e. The summed E-state index contributed by atoms with van der Waals surface area (Å²) in [4.78, 5) is 25.0. The van der Waals surface area contributed by atoms with Gasteiger partial charge in [-0.15, -0.1) is 0 Å². The Hall–Kier alpha value is -1.68. The SMILES string of the molecule is CC1=C(CCCNC(=O)[C@@H]2CCCN2)C2=C(C)C3(CC3)[C@H](C)C(=O)C2=C1. The van der Waals surface area contributed by atoms with E-state index in [2.05, 4.69) is 37.5 Å². The maximum Gasteiger partial charge on any atom is 0.237 e. The van der Waals surface area contributed by atoms with Crippen molar-refractivity contribution >= 4 is 11.7 Å². The minimum atomic E-state index is -0.00664. The third-order valence-electron chi connectivity index (χ3n) is 7.09. The monoisotopic (exact) mass is 354 g/mol. The third kappa shape index (κ3) is 2.70. The maximum atomic E-state index is 12.9. The summed E-state index contributed by atoms with van der Waals surface area (Å²) in [6.45, 7) is 8.12. The third-order valence-corrected chi connectivity index (χ3v) is 7.09. The quantitative estimate of drug-likeness (QED) is 0.746. The summed E-state index contributed by atoms with van der Waals surface area (Å²) in [7, 11) is 0. The number of nitrogens with one attached hydrogen (secondary N) is 2. The summed E-state index contributed by atoms with van der Waals surface area (Å²) in [5.41, 5.74) is 6.32. The molecule has 0 bridgehead atoms. The standard InChI is InChI=1S/C22H30N2O2/c1-13-12-17-19(14(2)22(8-9-22)15(3)20(17)25)16(13)6-4-11-24-21(26)18-7-5-10-23-18/h12,15,18,23H,4-11H2,1-3H3,(H,24,26)/t15-,18+/m1/s1. The zero-order valence-corrected chi connectivity index (χ0v) is 16.2. The lowest BCUT2D eigenvalue weighted by Gasteiger charge is -2.32. The van der Waals surface area contributed by atoms with Crippen molar-refractivity contribution in [3.05, 3.63) is 33.9 Å². The van der Waals surface area contributed by atoms with Gasteiger partial charge in [0.1, 0.15) is 0 Å². The van der Waals surface area contributed by atoms with Gasteiger partial charge in [-0.1, -0.05) is 12.5 Å². The summed E-state index contributed by atoms with van der Waals surface area (Å²) in [5, 5.41) is 6.31. The van der Waals surface area contributed by atoms with Crippen molar-refractivity contribution in [1.82, 2.24) is 10.6 Å². The molecule has 0 radical (unpaired) electrons.